The van der Waals surface area contributed by atoms with Crippen molar-refractivity contribution in [2.45, 2.75) is 31.6 Å². The van der Waals surface area contributed by atoms with E-state index in [0.29, 0.717) is 31.0 Å². The number of halogens is 1. The van der Waals surface area contributed by atoms with Crippen LogP contribution < -0.4 is 20.5 Å². The summed E-state index contributed by atoms with van der Waals surface area (Å²) in [6, 6.07) is 3.81. The van der Waals surface area contributed by atoms with Crippen molar-refractivity contribution in [3.63, 3.8) is 0 Å². The molecular weight excluding hydrogens is 352 g/mol. The van der Waals surface area contributed by atoms with Gasteiger partial charge in [0.1, 0.15) is 6.10 Å². The molecule has 1 aliphatic rings. The highest BCUT2D eigenvalue weighted by Gasteiger charge is 2.28. The average Bonchev–Trinajstić information content (AvgIpc) is 2.97. The highest BCUT2D eigenvalue weighted by atomic mass is 79.9. The summed E-state index contributed by atoms with van der Waals surface area (Å²) >= 11 is 3.53. The summed E-state index contributed by atoms with van der Waals surface area (Å²) in [6.07, 6.45) is 1.12. The zero-order valence-corrected chi connectivity index (χ0v) is 14.3. The molecule has 1 aliphatic heterocycles. The molecule has 6 nitrogen and oxygen atoms in total. The number of carbonyl (C=O) groups excluding carboxylic acids is 1. The molecule has 0 radical (unpaired) electrons. The zero-order valence-electron chi connectivity index (χ0n) is 12.7. The van der Waals surface area contributed by atoms with E-state index in [2.05, 4.69) is 21.2 Å². The first-order valence-electron chi connectivity index (χ1n) is 7.11. The van der Waals surface area contributed by atoms with Crippen molar-refractivity contribution in [1.29, 1.82) is 0 Å². The molecule has 1 amide bonds. The second-order valence-corrected chi connectivity index (χ2v) is 6.01. The number of rotatable bonds is 7. The van der Waals surface area contributed by atoms with Crippen molar-refractivity contribution in [3.8, 4) is 11.5 Å². The molecule has 0 unspecified atom stereocenters. The highest BCUT2D eigenvalue weighted by molar-refractivity contribution is 9.10. The lowest BCUT2D eigenvalue weighted by Crippen LogP contribution is -2.31. The number of hydrogen-bond acceptors (Lipinski definition) is 5. The number of hydrogen-bond donors (Lipinski definition) is 2. The Balaban J connectivity index is 1.88. The number of nitrogens with two attached hydrogens (primary N) is 1. The molecule has 0 spiro atoms. The molecule has 1 heterocycles. The quantitative estimate of drug-likeness (QED) is 0.759. The summed E-state index contributed by atoms with van der Waals surface area (Å²) in [4.78, 5) is 11.1. The Hall–Kier alpha value is -1.31. The van der Waals surface area contributed by atoms with Gasteiger partial charge in [0.25, 0.3) is 0 Å². The normalized spacial score (nSPS) is 20.9. The number of carbonyl (C=O) groups is 1. The van der Waals surface area contributed by atoms with Crippen LogP contribution in [0.15, 0.2) is 16.6 Å². The van der Waals surface area contributed by atoms with E-state index in [1.165, 1.54) is 0 Å². The van der Waals surface area contributed by atoms with E-state index in [1.807, 2.05) is 12.1 Å². The van der Waals surface area contributed by atoms with Crippen molar-refractivity contribution in [2.24, 2.45) is 5.73 Å². The number of amides is 1. The lowest BCUT2D eigenvalue weighted by Gasteiger charge is -2.15. The van der Waals surface area contributed by atoms with Crippen LogP contribution in [0.1, 0.15) is 18.4 Å². The molecule has 3 N–H and O–H groups in total. The van der Waals surface area contributed by atoms with Crippen molar-refractivity contribution >= 4 is 21.8 Å². The molecule has 1 aromatic rings. The topological polar surface area (TPSA) is 82.8 Å². The summed E-state index contributed by atoms with van der Waals surface area (Å²) in [5.41, 5.74) is 6.30. The molecule has 122 valence electrons. The van der Waals surface area contributed by atoms with E-state index < -0.39 is 6.10 Å². The zero-order chi connectivity index (χ0) is 16.1. The predicted molar refractivity (Wildman–Crippen MR) is 86.0 cm³/mol. The summed E-state index contributed by atoms with van der Waals surface area (Å²) in [5, 5.41) is 3.33. The first kappa shape index (κ1) is 17.1. The number of nitrogens with one attached hydrogen (secondary N) is 1. The number of methoxy groups -OCH3 is 2. The smallest absolute Gasteiger partial charge is 0.246 e. The summed E-state index contributed by atoms with van der Waals surface area (Å²) in [7, 11) is 3.22. The van der Waals surface area contributed by atoms with Crippen LogP contribution >= 0.6 is 15.9 Å². The number of ether oxygens (including phenoxy) is 3. The van der Waals surface area contributed by atoms with Gasteiger partial charge in [-0.1, -0.05) is 15.9 Å². The minimum Gasteiger partial charge on any atom is -0.493 e. The van der Waals surface area contributed by atoms with Crippen LogP contribution in [0.2, 0.25) is 0 Å². The van der Waals surface area contributed by atoms with Gasteiger partial charge in [-0.25, -0.2) is 0 Å². The van der Waals surface area contributed by atoms with E-state index >= 15 is 0 Å². The van der Waals surface area contributed by atoms with Gasteiger partial charge in [0, 0.05) is 17.6 Å². The molecular formula is C15H21BrN2O4. The van der Waals surface area contributed by atoms with E-state index in [-0.39, 0.29) is 12.0 Å². The first-order chi connectivity index (χ1) is 10.5. The monoisotopic (exact) mass is 372 g/mol. The number of benzene rings is 1. The minimum absolute atomic E-state index is 0.0245. The third-order valence-corrected chi connectivity index (χ3v) is 4.40. The van der Waals surface area contributed by atoms with Gasteiger partial charge in [-0.2, -0.15) is 0 Å². The highest BCUT2D eigenvalue weighted by Crippen LogP contribution is 2.33. The van der Waals surface area contributed by atoms with Crippen LogP contribution in [-0.4, -0.2) is 38.9 Å². The lowest BCUT2D eigenvalue weighted by atomic mass is 10.1. The van der Waals surface area contributed by atoms with Crippen molar-refractivity contribution < 1.29 is 19.0 Å². The van der Waals surface area contributed by atoms with Crippen LogP contribution in [0.4, 0.5) is 0 Å². The van der Waals surface area contributed by atoms with E-state index in [9.17, 15) is 4.79 Å². The molecule has 0 aromatic heterocycles. The van der Waals surface area contributed by atoms with Crippen molar-refractivity contribution in [3.05, 3.63) is 22.2 Å². The molecule has 22 heavy (non-hydrogen) atoms. The molecule has 2 rings (SSSR count). The second-order valence-electron chi connectivity index (χ2n) is 5.16. The maximum Gasteiger partial charge on any atom is 0.246 e. The van der Waals surface area contributed by atoms with Gasteiger partial charge >= 0.3 is 0 Å². The fraction of sp³-hybridized carbons (Fsp3) is 0.533. The van der Waals surface area contributed by atoms with Gasteiger partial charge in [-0.3, -0.25) is 4.79 Å². The third kappa shape index (κ3) is 4.12. The van der Waals surface area contributed by atoms with Crippen molar-refractivity contribution in [2.75, 3.05) is 20.8 Å². The van der Waals surface area contributed by atoms with E-state index in [4.69, 9.17) is 19.9 Å². The maximum absolute atomic E-state index is 11.1. The Morgan fingerprint density at radius 3 is 2.64 bits per heavy atom. The summed E-state index contributed by atoms with van der Waals surface area (Å²) in [5.74, 6) is 0.986. The van der Waals surface area contributed by atoms with Gasteiger partial charge in [0.2, 0.25) is 5.91 Å². The molecule has 0 bridgehead atoms. The minimum atomic E-state index is -0.445. The third-order valence-electron chi connectivity index (χ3n) is 3.66. The van der Waals surface area contributed by atoms with Crippen LogP contribution in [0, 0.1) is 0 Å². The molecule has 1 fully saturated rings. The largest absolute Gasteiger partial charge is 0.493 e. The van der Waals surface area contributed by atoms with Gasteiger partial charge in [0.05, 0.1) is 20.3 Å². The fourth-order valence-electron chi connectivity index (χ4n) is 2.46. The van der Waals surface area contributed by atoms with Crippen LogP contribution in [0.5, 0.6) is 11.5 Å². The summed E-state index contributed by atoms with van der Waals surface area (Å²) < 4.78 is 17.1. The van der Waals surface area contributed by atoms with Crippen molar-refractivity contribution in [1.82, 2.24) is 5.32 Å². The van der Waals surface area contributed by atoms with Gasteiger partial charge in [0.15, 0.2) is 11.5 Å². The van der Waals surface area contributed by atoms with Gasteiger partial charge < -0.3 is 25.3 Å². The standard InChI is InChI=1S/C15H21BrN2O4/c1-20-13-5-9(11(16)6-14(13)21-2)7-18-8-10-3-4-12(22-10)15(17)19/h5-6,10,12,18H,3-4,7-8H2,1-2H3,(H2,17,19)/t10-,12+/m1/s1. The van der Waals surface area contributed by atoms with Crippen LogP contribution in [-0.2, 0) is 16.1 Å². The maximum atomic E-state index is 11.1. The first-order valence-corrected chi connectivity index (χ1v) is 7.90. The molecule has 1 saturated heterocycles. The SMILES string of the molecule is COc1cc(Br)c(CNC[C@H]2CC[C@@H](C(N)=O)O2)cc1OC. The Kier molecular flexibility index (Phi) is 6.05. The fourth-order valence-corrected chi connectivity index (χ4v) is 2.93. The average molecular weight is 373 g/mol. The Morgan fingerprint density at radius 2 is 2.05 bits per heavy atom. The molecule has 1 aromatic carbocycles. The Morgan fingerprint density at radius 1 is 1.36 bits per heavy atom. The molecule has 2 atom stereocenters. The van der Waals surface area contributed by atoms with Crippen LogP contribution in [0.25, 0.3) is 0 Å². The molecule has 0 aliphatic carbocycles. The van der Waals surface area contributed by atoms with Crippen LogP contribution in [0.3, 0.4) is 0 Å². The van der Waals surface area contributed by atoms with Gasteiger partial charge in [-0.05, 0) is 30.5 Å². The van der Waals surface area contributed by atoms with E-state index in [0.717, 1.165) is 16.5 Å². The predicted octanol–water partition coefficient (Wildman–Crippen LogP) is 1.59. The molecule has 0 saturated carbocycles. The molecule has 7 heteroatoms. The summed E-state index contributed by atoms with van der Waals surface area (Å²) in [6.45, 7) is 1.33. The van der Waals surface area contributed by atoms with E-state index in [1.54, 1.807) is 14.2 Å². The lowest BCUT2D eigenvalue weighted by molar-refractivity contribution is -0.128. The number of primary amides is 1. The Labute approximate surface area is 138 Å². The second kappa shape index (κ2) is 7.80. The van der Waals surface area contributed by atoms with Gasteiger partial charge in [-0.15, -0.1) is 0 Å². The Bertz CT molecular complexity index is 539.